The van der Waals surface area contributed by atoms with Crippen molar-refractivity contribution in [2.45, 2.75) is 33.6 Å². The first-order valence-electron chi connectivity index (χ1n) is 9.15. The highest BCUT2D eigenvalue weighted by Crippen LogP contribution is 2.24. The molecule has 0 saturated carbocycles. The van der Waals surface area contributed by atoms with Crippen LogP contribution in [-0.4, -0.2) is 34.8 Å². The Labute approximate surface area is 164 Å². The van der Waals surface area contributed by atoms with Crippen molar-refractivity contribution in [3.8, 4) is 0 Å². The zero-order valence-electron chi connectivity index (χ0n) is 15.9. The zero-order valence-corrected chi connectivity index (χ0v) is 16.6. The number of anilines is 1. The summed E-state index contributed by atoms with van der Waals surface area (Å²) < 4.78 is 0. The second-order valence-electron chi connectivity index (χ2n) is 7.13. The predicted molar refractivity (Wildman–Crippen MR) is 107 cm³/mol. The van der Waals surface area contributed by atoms with Gasteiger partial charge in [0.05, 0.1) is 17.3 Å². The van der Waals surface area contributed by atoms with Crippen LogP contribution in [0.4, 0.5) is 5.69 Å². The molecule has 0 aliphatic carbocycles. The molecule has 0 bridgehead atoms. The quantitative estimate of drug-likeness (QED) is 0.863. The summed E-state index contributed by atoms with van der Waals surface area (Å²) in [7, 11) is 0. The van der Waals surface area contributed by atoms with E-state index in [0.29, 0.717) is 23.7 Å². The number of carbonyl (C=O) groups is 2. The van der Waals surface area contributed by atoms with Gasteiger partial charge in [-0.2, -0.15) is 0 Å². The number of nitrogens with zero attached hydrogens (tertiary/aromatic N) is 2. The number of aromatic nitrogens is 1. The summed E-state index contributed by atoms with van der Waals surface area (Å²) in [5.74, 6) is -0.343. The number of pyridine rings is 1. The highest BCUT2D eigenvalue weighted by Gasteiger charge is 2.29. The van der Waals surface area contributed by atoms with E-state index in [9.17, 15) is 9.59 Å². The van der Waals surface area contributed by atoms with Gasteiger partial charge in [0, 0.05) is 29.4 Å². The summed E-state index contributed by atoms with van der Waals surface area (Å²) in [5, 5.41) is 3.62. The van der Waals surface area contributed by atoms with E-state index >= 15 is 0 Å². The second-order valence-corrected chi connectivity index (χ2v) is 7.56. The Kier molecular flexibility index (Phi) is 5.80. The highest BCUT2D eigenvalue weighted by atomic mass is 35.5. The Morgan fingerprint density at radius 1 is 1.19 bits per heavy atom. The molecule has 2 amide bonds. The molecule has 27 heavy (non-hydrogen) atoms. The van der Waals surface area contributed by atoms with Crippen LogP contribution in [0.15, 0.2) is 30.3 Å². The van der Waals surface area contributed by atoms with Crippen molar-refractivity contribution in [3.05, 3.63) is 57.9 Å². The molecular weight excluding hydrogens is 362 g/mol. The number of aryl methyl sites for hydroxylation is 3. The van der Waals surface area contributed by atoms with Gasteiger partial charge >= 0.3 is 0 Å². The van der Waals surface area contributed by atoms with E-state index in [1.54, 1.807) is 29.2 Å². The van der Waals surface area contributed by atoms with Gasteiger partial charge < -0.3 is 10.2 Å². The van der Waals surface area contributed by atoms with Gasteiger partial charge in [0.15, 0.2) is 0 Å². The molecule has 1 aromatic carbocycles. The lowest BCUT2D eigenvalue weighted by Crippen LogP contribution is -2.43. The summed E-state index contributed by atoms with van der Waals surface area (Å²) in [4.78, 5) is 31.7. The number of halogens is 1. The van der Waals surface area contributed by atoms with Crippen LogP contribution in [0.5, 0.6) is 0 Å². The van der Waals surface area contributed by atoms with Gasteiger partial charge in [-0.3, -0.25) is 14.6 Å². The third kappa shape index (κ3) is 4.48. The van der Waals surface area contributed by atoms with Crippen molar-refractivity contribution >= 4 is 29.1 Å². The standard InChI is InChI=1S/C21H24ClN3O2/c1-13-11-14(2)23-15(3)19(13)24-20(26)17-5-4-10-25(12-17)21(27)16-6-8-18(22)9-7-16/h6-9,11,17H,4-5,10,12H2,1-3H3,(H,24,26). The van der Waals surface area contributed by atoms with E-state index in [-0.39, 0.29) is 17.7 Å². The van der Waals surface area contributed by atoms with Crippen LogP contribution in [-0.2, 0) is 4.79 Å². The average Bonchev–Trinajstić information content (AvgIpc) is 2.64. The second kappa shape index (κ2) is 8.09. The lowest BCUT2D eigenvalue weighted by Gasteiger charge is -2.32. The molecule has 2 heterocycles. The van der Waals surface area contributed by atoms with Crippen LogP contribution in [0.2, 0.25) is 5.02 Å². The fraction of sp³-hybridized carbons (Fsp3) is 0.381. The van der Waals surface area contributed by atoms with E-state index < -0.39 is 0 Å². The topological polar surface area (TPSA) is 62.3 Å². The molecule has 142 valence electrons. The van der Waals surface area contributed by atoms with Gasteiger partial charge in [-0.1, -0.05) is 11.6 Å². The van der Waals surface area contributed by atoms with Gasteiger partial charge in [-0.15, -0.1) is 0 Å². The number of nitrogens with one attached hydrogen (secondary N) is 1. The molecule has 5 nitrogen and oxygen atoms in total. The maximum atomic E-state index is 12.8. The Hall–Kier alpha value is -2.40. The molecule has 1 aliphatic rings. The van der Waals surface area contributed by atoms with Gasteiger partial charge in [0.2, 0.25) is 5.91 Å². The highest BCUT2D eigenvalue weighted by molar-refractivity contribution is 6.30. The first-order chi connectivity index (χ1) is 12.8. The molecule has 6 heteroatoms. The molecule has 1 fully saturated rings. The lowest BCUT2D eigenvalue weighted by atomic mass is 9.96. The number of carbonyl (C=O) groups excluding carboxylic acids is 2. The summed E-state index contributed by atoms with van der Waals surface area (Å²) >= 11 is 5.90. The maximum Gasteiger partial charge on any atom is 0.253 e. The number of piperidine rings is 1. The normalized spacial score (nSPS) is 16.9. The Morgan fingerprint density at radius 3 is 2.56 bits per heavy atom. The lowest BCUT2D eigenvalue weighted by molar-refractivity contribution is -0.121. The number of likely N-dealkylation sites (tertiary alicyclic amines) is 1. The van der Waals surface area contributed by atoms with Crippen LogP contribution < -0.4 is 5.32 Å². The SMILES string of the molecule is Cc1cc(C)c(NC(=O)C2CCCN(C(=O)c3ccc(Cl)cc3)C2)c(C)n1. The third-order valence-corrected chi connectivity index (χ3v) is 5.20. The summed E-state index contributed by atoms with van der Waals surface area (Å²) in [6, 6.07) is 8.82. The van der Waals surface area contributed by atoms with Crippen molar-refractivity contribution in [1.82, 2.24) is 9.88 Å². The minimum absolute atomic E-state index is 0.0551. The van der Waals surface area contributed by atoms with Gasteiger partial charge in [-0.25, -0.2) is 0 Å². The minimum Gasteiger partial charge on any atom is -0.338 e. The number of hydrogen-bond acceptors (Lipinski definition) is 3. The molecule has 1 aliphatic heterocycles. The van der Waals surface area contributed by atoms with Crippen LogP contribution in [0.3, 0.4) is 0 Å². The molecule has 0 spiro atoms. The molecule has 1 saturated heterocycles. The fourth-order valence-electron chi connectivity index (χ4n) is 3.59. The Bertz CT molecular complexity index is 841. The van der Waals surface area contributed by atoms with E-state index in [4.69, 9.17) is 11.6 Å². The largest absolute Gasteiger partial charge is 0.338 e. The van der Waals surface area contributed by atoms with Crippen molar-refractivity contribution in [1.29, 1.82) is 0 Å². The summed E-state index contributed by atoms with van der Waals surface area (Å²) in [6.07, 6.45) is 1.58. The van der Waals surface area contributed by atoms with E-state index in [1.165, 1.54) is 0 Å². The van der Waals surface area contributed by atoms with E-state index in [1.807, 2.05) is 26.8 Å². The van der Waals surface area contributed by atoms with Crippen LogP contribution in [0, 0.1) is 26.7 Å². The predicted octanol–water partition coefficient (Wildman–Crippen LogP) is 4.15. The maximum absolute atomic E-state index is 12.8. The molecule has 0 radical (unpaired) electrons. The number of benzene rings is 1. The zero-order chi connectivity index (χ0) is 19.6. The van der Waals surface area contributed by atoms with Crippen molar-refractivity contribution in [2.75, 3.05) is 18.4 Å². The molecule has 1 N–H and O–H groups in total. The van der Waals surface area contributed by atoms with E-state index in [2.05, 4.69) is 10.3 Å². The smallest absolute Gasteiger partial charge is 0.253 e. The van der Waals surface area contributed by atoms with E-state index in [0.717, 1.165) is 35.5 Å². The monoisotopic (exact) mass is 385 g/mol. The first kappa shape index (κ1) is 19.4. The minimum atomic E-state index is -0.227. The number of amides is 2. The molecule has 3 rings (SSSR count). The third-order valence-electron chi connectivity index (χ3n) is 4.94. The van der Waals surface area contributed by atoms with Crippen molar-refractivity contribution < 1.29 is 9.59 Å². The van der Waals surface area contributed by atoms with Gasteiger partial charge in [0.25, 0.3) is 5.91 Å². The Morgan fingerprint density at radius 2 is 1.89 bits per heavy atom. The van der Waals surface area contributed by atoms with Gasteiger partial charge in [-0.05, 0) is 69.5 Å². The Balaban J connectivity index is 1.69. The first-order valence-corrected chi connectivity index (χ1v) is 9.53. The van der Waals surface area contributed by atoms with Crippen molar-refractivity contribution in [2.24, 2.45) is 5.92 Å². The van der Waals surface area contributed by atoms with Crippen LogP contribution in [0.25, 0.3) is 0 Å². The number of rotatable bonds is 3. The average molecular weight is 386 g/mol. The van der Waals surface area contributed by atoms with Crippen LogP contribution >= 0.6 is 11.6 Å². The van der Waals surface area contributed by atoms with Crippen LogP contribution in [0.1, 0.15) is 40.2 Å². The molecule has 1 unspecified atom stereocenters. The summed E-state index contributed by atoms with van der Waals surface area (Å²) in [5.41, 5.74) is 4.10. The summed E-state index contributed by atoms with van der Waals surface area (Å²) in [6.45, 7) is 6.88. The molecule has 1 aromatic heterocycles. The van der Waals surface area contributed by atoms with Gasteiger partial charge in [0.1, 0.15) is 0 Å². The molecule has 2 aromatic rings. The molecule has 1 atom stereocenters. The number of hydrogen-bond donors (Lipinski definition) is 1. The fourth-order valence-corrected chi connectivity index (χ4v) is 3.71. The van der Waals surface area contributed by atoms with Crippen molar-refractivity contribution in [3.63, 3.8) is 0 Å². The molecular formula is C21H24ClN3O2.